The summed E-state index contributed by atoms with van der Waals surface area (Å²) in [5.74, 6) is 0.672. The molecule has 19 heavy (non-hydrogen) atoms. The van der Waals surface area contributed by atoms with Gasteiger partial charge in [0.25, 0.3) is 0 Å². The van der Waals surface area contributed by atoms with Crippen LogP contribution in [0.5, 0.6) is 11.6 Å². The van der Waals surface area contributed by atoms with Crippen molar-refractivity contribution in [3.63, 3.8) is 0 Å². The van der Waals surface area contributed by atoms with Crippen LogP contribution in [0.1, 0.15) is 16.7 Å². The number of rotatable bonds is 3. The van der Waals surface area contributed by atoms with Crippen molar-refractivity contribution in [3.8, 4) is 11.6 Å². The van der Waals surface area contributed by atoms with Crippen molar-refractivity contribution in [3.05, 3.63) is 46.1 Å². The average Bonchev–Trinajstić information content (AvgIpc) is 2.36. The van der Waals surface area contributed by atoms with Crippen molar-refractivity contribution in [2.24, 2.45) is 5.73 Å². The van der Waals surface area contributed by atoms with Crippen LogP contribution in [0.2, 0.25) is 5.02 Å². The Morgan fingerprint density at radius 3 is 2.53 bits per heavy atom. The molecule has 98 valence electrons. The van der Waals surface area contributed by atoms with Crippen molar-refractivity contribution in [2.45, 2.75) is 13.8 Å². The number of amidine groups is 1. The highest BCUT2D eigenvalue weighted by molar-refractivity contribution is 6.32. The normalized spacial score (nSPS) is 10.3. The topological polar surface area (TPSA) is 84.9 Å². The zero-order valence-corrected chi connectivity index (χ0v) is 11.3. The van der Waals surface area contributed by atoms with E-state index in [1.165, 1.54) is 6.20 Å². The molecule has 0 radical (unpaired) electrons. The van der Waals surface area contributed by atoms with Gasteiger partial charge < -0.3 is 10.5 Å². The van der Waals surface area contributed by atoms with Crippen molar-refractivity contribution >= 4 is 17.4 Å². The minimum atomic E-state index is -0.118. The monoisotopic (exact) mass is 276 g/mol. The van der Waals surface area contributed by atoms with Crippen LogP contribution in [0.25, 0.3) is 0 Å². The Balaban J connectivity index is 2.39. The third kappa shape index (κ3) is 2.82. The van der Waals surface area contributed by atoms with Gasteiger partial charge in [0.05, 0.1) is 11.8 Å². The second kappa shape index (κ2) is 5.24. The first-order chi connectivity index (χ1) is 8.99. The molecule has 0 amide bonds. The van der Waals surface area contributed by atoms with Crippen molar-refractivity contribution in [1.29, 1.82) is 5.41 Å². The predicted octanol–water partition coefficient (Wildman–Crippen LogP) is 2.82. The molecular weight excluding hydrogens is 264 g/mol. The molecule has 0 aliphatic heterocycles. The van der Waals surface area contributed by atoms with Gasteiger partial charge >= 0.3 is 0 Å². The smallest absolute Gasteiger partial charge is 0.249 e. The lowest BCUT2D eigenvalue weighted by atomic mass is 10.1. The summed E-state index contributed by atoms with van der Waals surface area (Å²) in [7, 11) is 0. The average molecular weight is 277 g/mol. The quantitative estimate of drug-likeness (QED) is 0.667. The molecular formula is C13H13ClN4O. The van der Waals surface area contributed by atoms with Gasteiger partial charge in [0.2, 0.25) is 5.88 Å². The van der Waals surface area contributed by atoms with Gasteiger partial charge in [-0.1, -0.05) is 11.6 Å². The molecule has 5 nitrogen and oxygen atoms in total. The summed E-state index contributed by atoms with van der Waals surface area (Å²) in [6.07, 6.45) is 1.46. The van der Waals surface area contributed by atoms with Crippen LogP contribution >= 0.6 is 11.6 Å². The molecule has 2 aromatic rings. The number of nitrogens with zero attached hydrogens (tertiary/aromatic N) is 2. The van der Waals surface area contributed by atoms with E-state index in [1.54, 1.807) is 18.2 Å². The van der Waals surface area contributed by atoms with E-state index in [2.05, 4.69) is 10.2 Å². The minimum absolute atomic E-state index is 0.118. The van der Waals surface area contributed by atoms with E-state index in [9.17, 15) is 0 Å². The van der Waals surface area contributed by atoms with Crippen LogP contribution in [0, 0.1) is 19.3 Å². The fourth-order valence-corrected chi connectivity index (χ4v) is 1.79. The molecule has 0 atom stereocenters. The van der Waals surface area contributed by atoms with Crippen molar-refractivity contribution in [2.75, 3.05) is 0 Å². The van der Waals surface area contributed by atoms with Crippen molar-refractivity contribution < 1.29 is 4.74 Å². The number of hydrogen-bond acceptors (Lipinski definition) is 4. The van der Waals surface area contributed by atoms with Crippen LogP contribution < -0.4 is 10.5 Å². The second-order valence-electron chi connectivity index (χ2n) is 4.14. The Kier molecular flexibility index (Phi) is 3.66. The number of hydrogen-bond donors (Lipinski definition) is 2. The standard InChI is InChI=1S/C13H13ClN4O/c1-7-5-9(6-8(2)11(7)14)19-13-10(12(15)16)3-4-17-18-13/h3-6H,1-2H3,(H3,15,16). The molecule has 1 aromatic heterocycles. The predicted molar refractivity (Wildman–Crippen MR) is 74.0 cm³/mol. The number of nitrogens with one attached hydrogen (secondary N) is 1. The van der Waals surface area contributed by atoms with E-state index >= 15 is 0 Å². The van der Waals surface area contributed by atoms with E-state index in [1.807, 2.05) is 13.8 Å². The highest BCUT2D eigenvalue weighted by atomic mass is 35.5. The van der Waals surface area contributed by atoms with E-state index in [4.69, 9.17) is 27.5 Å². The molecule has 1 aromatic carbocycles. The molecule has 0 aliphatic rings. The molecule has 0 fully saturated rings. The molecule has 0 saturated heterocycles. The Labute approximate surface area is 115 Å². The zero-order chi connectivity index (χ0) is 14.0. The second-order valence-corrected chi connectivity index (χ2v) is 4.51. The number of nitrogen functional groups attached to an aromatic ring is 1. The summed E-state index contributed by atoms with van der Waals surface area (Å²) in [5, 5.41) is 15.8. The van der Waals surface area contributed by atoms with Gasteiger partial charge in [0, 0.05) is 5.02 Å². The van der Waals surface area contributed by atoms with Gasteiger partial charge in [-0.2, -0.15) is 5.10 Å². The Bertz CT molecular complexity index is 619. The summed E-state index contributed by atoms with van der Waals surface area (Å²) >= 11 is 6.10. The first kappa shape index (κ1) is 13.3. The highest BCUT2D eigenvalue weighted by Crippen LogP contribution is 2.29. The first-order valence-electron chi connectivity index (χ1n) is 5.59. The van der Waals surface area contributed by atoms with E-state index < -0.39 is 0 Å². The van der Waals surface area contributed by atoms with Gasteiger partial charge in [-0.05, 0) is 43.2 Å². The molecule has 0 spiro atoms. The van der Waals surface area contributed by atoms with E-state index in [0.29, 0.717) is 16.3 Å². The lowest BCUT2D eigenvalue weighted by molar-refractivity contribution is 0.453. The summed E-state index contributed by atoms with van der Waals surface area (Å²) in [4.78, 5) is 0. The number of aromatic nitrogens is 2. The molecule has 6 heteroatoms. The third-order valence-corrected chi connectivity index (χ3v) is 3.20. The number of halogens is 1. The fourth-order valence-electron chi connectivity index (χ4n) is 1.68. The number of nitrogens with two attached hydrogens (primary N) is 1. The van der Waals surface area contributed by atoms with E-state index in [0.717, 1.165) is 11.1 Å². The first-order valence-corrected chi connectivity index (χ1v) is 5.97. The van der Waals surface area contributed by atoms with Gasteiger partial charge in [0.1, 0.15) is 11.6 Å². The minimum Gasteiger partial charge on any atom is -0.437 e. The molecule has 0 unspecified atom stereocenters. The lowest BCUT2D eigenvalue weighted by Crippen LogP contribution is -2.13. The van der Waals surface area contributed by atoms with Crippen molar-refractivity contribution in [1.82, 2.24) is 10.2 Å². The van der Waals surface area contributed by atoms with Gasteiger partial charge in [0.15, 0.2) is 0 Å². The van der Waals surface area contributed by atoms with Crippen LogP contribution in [-0.2, 0) is 0 Å². The summed E-state index contributed by atoms with van der Waals surface area (Å²) in [5.41, 5.74) is 7.68. The molecule has 3 N–H and O–H groups in total. The fraction of sp³-hybridized carbons (Fsp3) is 0.154. The maximum absolute atomic E-state index is 7.47. The Morgan fingerprint density at radius 2 is 1.95 bits per heavy atom. The lowest BCUT2D eigenvalue weighted by Gasteiger charge is -2.10. The zero-order valence-electron chi connectivity index (χ0n) is 10.6. The molecule has 0 saturated carbocycles. The van der Waals surface area contributed by atoms with Crippen LogP contribution in [0.4, 0.5) is 0 Å². The van der Waals surface area contributed by atoms with Crippen LogP contribution in [0.15, 0.2) is 24.4 Å². The number of benzene rings is 1. The van der Waals surface area contributed by atoms with Crippen LogP contribution in [0.3, 0.4) is 0 Å². The largest absolute Gasteiger partial charge is 0.437 e. The Hall–Kier alpha value is -2.14. The van der Waals surface area contributed by atoms with E-state index in [-0.39, 0.29) is 11.7 Å². The molecule has 0 aliphatic carbocycles. The maximum Gasteiger partial charge on any atom is 0.249 e. The van der Waals surface area contributed by atoms with Gasteiger partial charge in [-0.25, -0.2) is 0 Å². The number of aryl methyl sites for hydroxylation is 2. The number of ether oxygens (including phenoxy) is 1. The molecule has 1 heterocycles. The van der Waals surface area contributed by atoms with Gasteiger partial charge in [-0.3, -0.25) is 5.41 Å². The van der Waals surface area contributed by atoms with Crippen LogP contribution in [-0.4, -0.2) is 16.0 Å². The molecule has 2 rings (SSSR count). The summed E-state index contributed by atoms with van der Waals surface area (Å²) in [6, 6.07) is 5.18. The summed E-state index contributed by atoms with van der Waals surface area (Å²) < 4.78 is 5.63. The highest BCUT2D eigenvalue weighted by Gasteiger charge is 2.11. The summed E-state index contributed by atoms with van der Waals surface area (Å²) in [6.45, 7) is 3.79. The third-order valence-electron chi connectivity index (χ3n) is 2.60. The SMILES string of the molecule is Cc1cc(Oc2nnccc2C(=N)N)cc(C)c1Cl. The Morgan fingerprint density at radius 1 is 1.32 bits per heavy atom. The maximum atomic E-state index is 7.47. The van der Waals surface area contributed by atoms with Gasteiger partial charge in [-0.15, -0.1) is 5.10 Å². The molecule has 0 bridgehead atoms.